The van der Waals surface area contributed by atoms with Crippen LogP contribution in [-0.4, -0.2) is 17.8 Å². The summed E-state index contributed by atoms with van der Waals surface area (Å²) in [5, 5.41) is 12.7. The number of hydrogen-bond donors (Lipinski definition) is 3. The monoisotopic (exact) mass is 192 g/mol. The molecule has 14 heavy (non-hydrogen) atoms. The molecule has 0 fully saturated rings. The second-order valence-electron chi connectivity index (χ2n) is 3.86. The Morgan fingerprint density at radius 3 is 3.00 bits per heavy atom. The van der Waals surface area contributed by atoms with Gasteiger partial charge in [-0.05, 0) is 30.5 Å². The summed E-state index contributed by atoms with van der Waals surface area (Å²) in [4.78, 5) is 0. The van der Waals surface area contributed by atoms with Crippen LogP contribution in [0.25, 0.3) is 0 Å². The zero-order valence-corrected chi connectivity index (χ0v) is 8.33. The highest BCUT2D eigenvalue weighted by molar-refractivity contribution is 5.56. The smallest absolute Gasteiger partial charge is 0.0704 e. The molecule has 1 aliphatic rings. The van der Waals surface area contributed by atoms with Gasteiger partial charge in [-0.2, -0.15) is 0 Å². The Balaban J connectivity index is 2.28. The molecule has 1 aliphatic heterocycles. The number of nitrogens with two attached hydrogens (primary N) is 1. The lowest BCUT2D eigenvalue weighted by molar-refractivity contribution is 0.164. The number of anilines is 1. The molecule has 0 saturated heterocycles. The van der Waals surface area contributed by atoms with Crippen LogP contribution in [0, 0.1) is 0 Å². The van der Waals surface area contributed by atoms with Crippen molar-refractivity contribution in [3.63, 3.8) is 0 Å². The summed E-state index contributed by atoms with van der Waals surface area (Å²) in [6, 6.07) is 5.84. The molecule has 1 aromatic carbocycles. The second kappa shape index (κ2) is 3.59. The SMILES string of the molecule is C[C@@H](O)[C@H](N)c1ccc2c(c1)CCN2. The molecule has 1 heterocycles. The number of aliphatic hydroxyl groups is 1. The predicted octanol–water partition coefficient (Wildman–Crippen LogP) is 1.04. The summed E-state index contributed by atoms with van der Waals surface area (Å²) in [5.41, 5.74) is 9.38. The van der Waals surface area contributed by atoms with Crippen molar-refractivity contribution in [3.8, 4) is 0 Å². The van der Waals surface area contributed by atoms with Gasteiger partial charge in [0.2, 0.25) is 0 Å². The van der Waals surface area contributed by atoms with Gasteiger partial charge in [0.25, 0.3) is 0 Å². The molecule has 4 N–H and O–H groups in total. The molecule has 3 nitrogen and oxygen atoms in total. The average Bonchev–Trinajstić information content (AvgIpc) is 2.62. The van der Waals surface area contributed by atoms with Crippen LogP contribution in [0.2, 0.25) is 0 Å². The molecule has 76 valence electrons. The van der Waals surface area contributed by atoms with Gasteiger partial charge in [0.1, 0.15) is 0 Å². The summed E-state index contributed by atoms with van der Waals surface area (Å²) in [6.45, 7) is 2.72. The normalized spacial score (nSPS) is 18.5. The van der Waals surface area contributed by atoms with Crippen molar-refractivity contribution < 1.29 is 5.11 Å². The maximum Gasteiger partial charge on any atom is 0.0704 e. The zero-order valence-electron chi connectivity index (χ0n) is 8.33. The van der Waals surface area contributed by atoms with Crippen molar-refractivity contribution in [2.24, 2.45) is 5.73 Å². The quantitative estimate of drug-likeness (QED) is 0.656. The van der Waals surface area contributed by atoms with Crippen LogP contribution in [0.1, 0.15) is 24.1 Å². The van der Waals surface area contributed by atoms with Crippen LogP contribution in [0.5, 0.6) is 0 Å². The molecular formula is C11H16N2O. The minimum absolute atomic E-state index is 0.277. The number of benzene rings is 1. The van der Waals surface area contributed by atoms with Crippen LogP contribution in [0.15, 0.2) is 18.2 Å². The van der Waals surface area contributed by atoms with E-state index < -0.39 is 6.10 Å². The topological polar surface area (TPSA) is 58.3 Å². The Kier molecular flexibility index (Phi) is 2.44. The molecule has 2 rings (SSSR count). The number of aliphatic hydroxyl groups excluding tert-OH is 1. The van der Waals surface area contributed by atoms with Gasteiger partial charge < -0.3 is 16.2 Å². The van der Waals surface area contributed by atoms with Gasteiger partial charge in [-0.3, -0.25) is 0 Å². The fourth-order valence-electron chi connectivity index (χ4n) is 1.81. The first kappa shape index (κ1) is 9.49. The van der Waals surface area contributed by atoms with Crippen LogP contribution >= 0.6 is 0 Å². The first-order valence-electron chi connectivity index (χ1n) is 4.99. The molecule has 2 atom stereocenters. The van der Waals surface area contributed by atoms with Gasteiger partial charge in [-0.1, -0.05) is 12.1 Å². The summed E-state index contributed by atoms with van der Waals surface area (Å²) in [6.07, 6.45) is 0.554. The van der Waals surface area contributed by atoms with E-state index in [0.717, 1.165) is 18.5 Å². The summed E-state index contributed by atoms with van der Waals surface area (Å²) < 4.78 is 0. The standard InChI is InChI=1S/C11H16N2O/c1-7(14)11(12)9-2-3-10-8(6-9)4-5-13-10/h2-3,6-7,11,13-14H,4-5,12H2,1H3/t7-,11+/m1/s1. The Labute approximate surface area is 83.9 Å². The Morgan fingerprint density at radius 1 is 1.50 bits per heavy atom. The number of hydrogen-bond acceptors (Lipinski definition) is 3. The molecule has 0 bridgehead atoms. The van der Waals surface area contributed by atoms with Crippen molar-refractivity contribution in [3.05, 3.63) is 29.3 Å². The number of fused-ring (bicyclic) bond motifs is 1. The van der Waals surface area contributed by atoms with Crippen LogP contribution in [0.3, 0.4) is 0 Å². The van der Waals surface area contributed by atoms with Gasteiger partial charge in [0.05, 0.1) is 12.1 Å². The fraction of sp³-hybridized carbons (Fsp3) is 0.455. The first-order chi connectivity index (χ1) is 6.68. The minimum atomic E-state index is -0.498. The lowest BCUT2D eigenvalue weighted by atomic mass is 10.00. The van der Waals surface area contributed by atoms with Crippen LogP contribution in [0.4, 0.5) is 5.69 Å². The fourth-order valence-corrected chi connectivity index (χ4v) is 1.81. The van der Waals surface area contributed by atoms with Crippen molar-refractivity contribution in [1.29, 1.82) is 0 Å². The van der Waals surface area contributed by atoms with Gasteiger partial charge in [0, 0.05) is 12.2 Å². The average molecular weight is 192 g/mol. The van der Waals surface area contributed by atoms with E-state index in [0.29, 0.717) is 0 Å². The van der Waals surface area contributed by atoms with E-state index in [2.05, 4.69) is 11.4 Å². The Bertz CT molecular complexity index is 336. The van der Waals surface area contributed by atoms with E-state index in [1.165, 1.54) is 11.3 Å². The molecule has 0 aliphatic carbocycles. The maximum absolute atomic E-state index is 9.38. The van der Waals surface area contributed by atoms with E-state index in [4.69, 9.17) is 5.73 Å². The first-order valence-corrected chi connectivity index (χ1v) is 4.99. The zero-order chi connectivity index (χ0) is 10.1. The van der Waals surface area contributed by atoms with Gasteiger partial charge in [0.15, 0.2) is 0 Å². The highest BCUT2D eigenvalue weighted by atomic mass is 16.3. The summed E-state index contributed by atoms with van der Waals surface area (Å²) in [7, 11) is 0. The second-order valence-corrected chi connectivity index (χ2v) is 3.86. The maximum atomic E-state index is 9.38. The lowest BCUT2D eigenvalue weighted by Crippen LogP contribution is -2.23. The molecule has 0 aromatic heterocycles. The third-order valence-corrected chi connectivity index (χ3v) is 2.74. The van der Waals surface area contributed by atoms with E-state index in [9.17, 15) is 5.11 Å². The Hall–Kier alpha value is -1.06. The molecule has 0 radical (unpaired) electrons. The van der Waals surface area contributed by atoms with E-state index >= 15 is 0 Å². The number of nitrogens with one attached hydrogen (secondary N) is 1. The molecule has 0 amide bonds. The molecule has 0 spiro atoms. The largest absolute Gasteiger partial charge is 0.391 e. The van der Waals surface area contributed by atoms with Crippen LogP contribution in [-0.2, 0) is 6.42 Å². The molecule has 0 saturated carbocycles. The highest BCUT2D eigenvalue weighted by Crippen LogP contribution is 2.25. The van der Waals surface area contributed by atoms with E-state index in [-0.39, 0.29) is 6.04 Å². The predicted molar refractivity (Wildman–Crippen MR) is 57.2 cm³/mol. The van der Waals surface area contributed by atoms with Crippen molar-refractivity contribution in [1.82, 2.24) is 0 Å². The van der Waals surface area contributed by atoms with Crippen molar-refractivity contribution in [2.45, 2.75) is 25.5 Å². The van der Waals surface area contributed by atoms with Crippen molar-refractivity contribution >= 4 is 5.69 Å². The highest BCUT2D eigenvalue weighted by Gasteiger charge is 2.15. The lowest BCUT2D eigenvalue weighted by Gasteiger charge is -2.15. The van der Waals surface area contributed by atoms with Crippen LogP contribution < -0.4 is 11.1 Å². The number of rotatable bonds is 2. The third kappa shape index (κ3) is 1.61. The van der Waals surface area contributed by atoms with E-state index in [1.54, 1.807) is 6.92 Å². The van der Waals surface area contributed by atoms with E-state index in [1.807, 2.05) is 12.1 Å². The van der Waals surface area contributed by atoms with Crippen molar-refractivity contribution in [2.75, 3.05) is 11.9 Å². The molecule has 0 unspecified atom stereocenters. The summed E-state index contributed by atoms with van der Waals surface area (Å²) >= 11 is 0. The third-order valence-electron chi connectivity index (χ3n) is 2.74. The van der Waals surface area contributed by atoms with Gasteiger partial charge >= 0.3 is 0 Å². The minimum Gasteiger partial charge on any atom is -0.391 e. The van der Waals surface area contributed by atoms with Gasteiger partial charge in [-0.15, -0.1) is 0 Å². The van der Waals surface area contributed by atoms with Gasteiger partial charge in [-0.25, -0.2) is 0 Å². The molecule has 1 aromatic rings. The molecule has 3 heteroatoms. The Morgan fingerprint density at radius 2 is 2.29 bits per heavy atom. The molecular weight excluding hydrogens is 176 g/mol. The summed E-state index contributed by atoms with van der Waals surface area (Å²) in [5.74, 6) is 0.